The molecule has 0 radical (unpaired) electrons. The number of hydrogen-bond donors (Lipinski definition) is 0. The van der Waals surface area contributed by atoms with Gasteiger partial charge in [-0.2, -0.15) is 0 Å². The van der Waals surface area contributed by atoms with Crippen molar-refractivity contribution < 1.29 is 4.21 Å². The molecule has 24 heavy (non-hydrogen) atoms. The van der Waals surface area contributed by atoms with Crippen molar-refractivity contribution in [2.24, 2.45) is 0 Å². The van der Waals surface area contributed by atoms with E-state index < -0.39 is 10.8 Å². The lowest BCUT2D eigenvalue weighted by Gasteiger charge is -2.18. The topological polar surface area (TPSA) is 34.9 Å². The van der Waals surface area contributed by atoms with Gasteiger partial charge in [-0.05, 0) is 35.4 Å². The Labute approximate surface area is 153 Å². The Bertz CT molecular complexity index is 802. The minimum Gasteiger partial charge on any atom is -0.336 e. The molecule has 1 heterocycles. The fourth-order valence-electron chi connectivity index (χ4n) is 2.45. The van der Waals surface area contributed by atoms with Crippen LogP contribution in [-0.4, -0.2) is 13.8 Å². The maximum absolute atomic E-state index is 13.0. The lowest BCUT2D eigenvalue weighted by atomic mass is 10.1. The summed E-state index contributed by atoms with van der Waals surface area (Å²) < 4.78 is 15.0. The third-order valence-electron chi connectivity index (χ3n) is 3.72. The predicted molar refractivity (Wildman–Crippen MR) is 99.7 cm³/mol. The Kier molecular flexibility index (Phi) is 5.72. The fourth-order valence-corrected chi connectivity index (χ4v) is 4.22. The van der Waals surface area contributed by atoms with Gasteiger partial charge in [0.1, 0.15) is 0 Å². The van der Waals surface area contributed by atoms with E-state index in [0.29, 0.717) is 22.3 Å². The Morgan fingerprint density at radius 3 is 2.21 bits per heavy atom. The van der Waals surface area contributed by atoms with Crippen LogP contribution in [0.5, 0.6) is 0 Å². The summed E-state index contributed by atoms with van der Waals surface area (Å²) in [4.78, 5) is 4.06. The highest BCUT2D eigenvalue weighted by atomic mass is 35.5. The van der Waals surface area contributed by atoms with E-state index in [1.807, 2.05) is 59.3 Å². The zero-order valence-electron chi connectivity index (χ0n) is 12.8. The third kappa shape index (κ3) is 4.47. The number of benzene rings is 2. The fraction of sp³-hybridized carbons (Fsp3) is 0.167. The van der Waals surface area contributed by atoms with Crippen LogP contribution in [0, 0.1) is 0 Å². The maximum atomic E-state index is 13.0. The van der Waals surface area contributed by atoms with Crippen molar-refractivity contribution in [2.75, 3.05) is 0 Å². The van der Waals surface area contributed by atoms with Gasteiger partial charge in [-0.1, -0.05) is 47.5 Å². The number of halogens is 2. The van der Waals surface area contributed by atoms with Crippen LogP contribution in [0.15, 0.2) is 67.3 Å². The molecule has 0 aliphatic rings. The van der Waals surface area contributed by atoms with Crippen molar-refractivity contribution >= 4 is 34.0 Å². The summed E-state index contributed by atoms with van der Waals surface area (Å²) in [5, 5.41) is 1.20. The first-order valence-corrected chi connectivity index (χ1v) is 9.58. The van der Waals surface area contributed by atoms with Crippen molar-refractivity contribution in [3.8, 4) is 0 Å². The van der Waals surface area contributed by atoms with Crippen LogP contribution in [-0.2, 0) is 23.1 Å². The van der Waals surface area contributed by atoms with Crippen LogP contribution >= 0.6 is 23.2 Å². The van der Waals surface area contributed by atoms with E-state index in [0.717, 1.165) is 11.1 Å². The van der Waals surface area contributed by atoms with Gasteiger partial charge in [-0.3, -0.25) is 4.21 Å². The van der Waals surface area contributed by atoms with E-state index in [-0.39, 0.29) is 5.25 Å². The molecule has 0 amide bonds. The molecule has 6 heteroatoms. The number of rotatable bonds is 6. The average molecular weight is 379 g/mol. The summed E-state index contributed by atoms with van der Waals surface area (Å²) in [6.45, 7) is 0.599. The Morgan fingerprint density at radius 2 is 1.62 bits per heavy atom. The normalized spacial score (nSPS) is 13.6. The van der Waals surface area contributed by atoms with Gasteiger partial charge >= 0.3 is 0 Å². The van der Waals surface area contributed by atoms with Gasteiger partial charge < -0.3 is 4.57 Å². The molecule has 0 aliphatic heterocycles. The van der Waals surface area contributed by atoms with E-state index >= 15 is 0 Å². The van der Waals surface area contributed by atoms with E-state index in [2.05, 4.69) is 4.98 Å². The monoisotopic (exact) mass is 378 g/mol. The molecule has 0 saturated carbocycles. The van der Waals surface area contributed by atoms with Crippen LogP contribution in [0.1, 0.15) is 16.4 Å². The van der Waals surface area contributed by atoms with Crippen LogP contribution < -0.4 is 0 Å². The Morgan fingerprint density at radius 1 is 1.00 bits per heavy atom. The van der Waals surface area contributed by atoms with Gasteiger partial charge in [-0.15, -0.1) is 0 Å². The molecule has 0 saturated heterocycles. The highest BCUT2D eigenvalue weighted by Gasteiger charge is 2.20. The quantitative estimate of drug-likeness (QED) is 0.612. The molecule has 124 valence electrons. The van der Waals surface area contributed by atoms with Crippen molar-refractivity contribution in [1.82, 2.24) is 9.55 Å². The molecular formula is C18H16Cl2N2OS. The highest BCUT2D eigenvalue weighted by molar-refractivity contribution is 7.84. The SMILES string of the molecule is O=S(Cc1ccc(Cl)cc1)C(Cn1ccnc1)c1ccc(Cl)cc1. The summed E-state index contributed by atoms with van der Waals surface area (Å²) in [7, 11) is -1.09. The second kappa shape index (κ2) is 7.97. The van der Waals surface area contributed by atoms with E-state index in [1.54, 1.807) is 12.5 Å². The van der Waals surface area contributed by atoms with Crippen molar-refractivity contribution in [1.29, 1.82) is 0 Å². The smallest absolute Gasteiger partial charge is 0.0946 e. The molecule has 0 spiro atoms. The largest absolute Gasteiger partial charge is 0.336 e. The lowest BCUT2D eigenvalue weighted by Crippen LogP contribution is -2.15. The van der Waals surface area contributed by atoms with Crippen LogP contribution in [0.3, 0.4) is 0 Å². The minimum atomic E-state index is -1.09. The summed E-state index contributed by atoms with van der Waals surface area (Å²) in [5.41, 5.74) is 2.00. The molecule has 0 fully saturated rings. The standard InChI is InChI=1S/C18H16Cl2N2OS/c19-16-5-1-14(2-6-16)12-24(23)18(11-22-10-9-21-13-22)15-3-7-17(20)8-4-15/h1-10,13,18H,11-12H2. The number of hydrogen-bond acceptors (Lipinski definition) is 2. The third-order valence-corrected chi connectivity index (χ3v) is 5.89. The molecule has 3 aromatic rings. The van der Waals surface area contributed by atoms with E-state index in [1.165, 1.54) is 0 Å². The first-order chi connectivity index (χ1) is 11.6. The van der Waals surface area contributed by atoms with Gasteiger partial charge in [0.25, 0.3) is 0 Å². The Hall–Kier alpha value is -1.62. The number of aromatic nitrogens is 2. The molecule has 0 bridgehead atoms. The van der Waals surface area contributed by atoms with Gasteiger partial charge in [0.05, 0.1) is 11.6 Å². The molecular weight excluding hydrogens is 363 g/mol. The number of nitrogens with zero attached hydrogens (tertiary/aromatic N) is 2. The van der Waals surface area contributed by atoms with Crippen molar-refractivity contribution in [3.05, 3.63) is 88.4 Å². The molecule has 2 atom stereocenters. The van der Waals surface area contributed by atoms with Crippen LogP contribution in [0.4, 0.5) is 0 Å². The molecule has 0 aliphatic carbocycles. The molecule has 1 aromatic heterocycles. The average Bonchev–Trinajstić information content (AvgIpc) is 3.09. The number of imidazole rings is 1. The predicted octanol–water partition coefficient (Wildman–Crippen LogP) is 4.88. The highest BCUT2D eigenvalue weighted by Crippen LogP contribution is 2.26. The molecule has 2 unspecified atom stereocenters. The minimum absolute atomic E-state index is 0.146. The Balaban J connectivity index is 1.83. The molecule has 3 rings (SSSR count). The van der Waals surface area contributed by atoms with Crippen molar-refractivity contribution in [2.45, 2.75) is 17.5 Å². The second-order valence-corrected chi connectivity index (χ2v) is 7.94. The van der Waals surface area contributed by atoms with E-state index in [4.69, 9.17) is 23.2 Å². The zero-order chi connectivity index (χ0) is 16.9. The summed E-state index contributed by atoms with van der Waals surface area (Å²) in [6.07, 6.45) is 5.34. The zero-order valence-corrected chi connectivity index (χ0v) is 15.1. The first-order valence-electron chi connectivity index (χ1n) is 7.44. The maximum Gasteiger partial charge on any atom is 0.0946 e. The van der Waals surface area contributed by atoms with Gasteiger partial charge in [0, 0.05) is 45.5 Å². The van der Waals surface area contributed by atoms with Crippen LogP contribution in [0.2, 0.25) is 10.0 Å². The van der Waals surface area contributed by atoms with E-state index in [9.17, 15) is 4.21 Å². The lowest BCUT2D eigenvalue weighted by molar-refractivity contribution is 0.633. The molecule has 0 N–H and O–H groups in total. The van der Waals surface area contributed by atoms with Crippen molar-refractivity contribution in [3.63, 3.8) is 0 Å². The molecule has 3 nitrogen and oxygen atoms in total. The van der Waals surface area contributed by atoms with Gasteiger partial charge in [-0.25, -0.2) is 4.98 Å². The summed E-state index contributed by atoms with van der Waals surface area (Å²) in [5.74, 6) is 0.471. The summed E-state index contributed by atoms with van der Waals surface area (Å²) in [6, 6.07) is 15.0. The van der Waals surface area contributed by atoms with Gasteiger partial charge in [0.15, 0.2) is 0 Å². The first kappa shape index (κ1) is 17.2. The van der Waals surface area contributed by atoms with Gasteiger partial charge in [0.2, 0.25) is 0 Å². The summed E-state index contributed by atoms with van der Waals surface area (Å²) >= 11 is 11.9. The molecule has 2 aromatic carbocycles. The van der Waals surface area contributed by atoms with Crippen LogP contribution in [0.25, 0.3) is 0 Å². The second-order valence-electron chi connectivity index (χ2n) is 5.45.